The van der Waals surface area contributed by atoms with Gasteiger partial charge in [0, 0.05) is 5.92 Å². The second-order valence-corrected chi connectivity index (χ2v) is 5.61. The van der Waals surface area contributed by atoms with Crippen LogP contribution in [0.3, 0.4) is 0 Å². The maximum atomic E-state index is 10.2. The fourth-order valence-corrected chi connectivity index (χ4v) is 3.08. The van der Waals surface area contributed by atoms with Crippen molar-refractivity contribution < 1.29 is 5.11 Å². The summed E-state index contributed by atoms with van der Waals surface area (Å²) in [5.74, 6) is 1.30. The molecule has 0 radical (unpaired) electrons. The van der Waals surface area contributed by atoms with Crippen molar-refractivity contribution in [2.75, 3.05) is 0 Å². The van der Waals surface area contributed by atoms with Crippen molar-refractivity contribution in [1.29, 1.82) is 0 Å². The Bertz CT molecular complexity index is 381. The summed E-state index contributed by atoms with van der Waals surface area (Å²) < 4.78 is 0. The Morgan fingerprint density at radius 2 is 1.94 bits per heavy atom. The molecule has 0 heterocycles. The first-order valence-electron chi connectivity index (χ1n) is 6.29. The van der Waals surface area contributed by atoms with Crippen LogP contribution in [0.1, 0.15) is 55.7 Å². The molecule has 0 spiro atoms. The van der Waals surface area contributed by atoms with Gasteiger partial charge in [0.05, 0.1) is 6.10 Å². The third kappa shape index (κ3) is 1.89. The molecule has 1 nitrogen and oxygen atoms in total. The highest BCUT2D eigenvalue weighted by Gasteiger charge is 2.33. The lowest BCUT2D eigenvalue weighted by molar-refractivity contribution is 0.0977. The first kappa shape index (κ1) is 11.7. The van der Waals surface area contributed by atoms with Gasteiger partial charge >= 0.3 is 0 Å². The van der Waals surface area contributed by atoms with Crippen LogP contribution in [-0.4, -0.2) is 11.2 Å². The van der Waals surface area contributed by atoms with Gasteiger partial charge in [0.2, 0.25) is 0 Å². The van der Waals surface area contributed by atoms with Crippen molar-refractivity contribution in [2.24, 2.45) is 5.92 Å². The quantitative estimate of drug-likeness (QED) is 0.763. The lowest BCUT2D eigenvalue weighted by atomic mass is 9.71. The van der Waals surface area contributed by atoms with Gasteiger partial charge < -0.3 is 5.11 Å². The first-order valence-corrected chi connectivity index (χ1v) is 6.29. The molecule has 0 bridgehead atoms. The van der Waals surface area contributed by atoms with Crippen LogP contribution in [0.4, 0.5) is 0 Å². The average molecular weight is 218 g/mol. The second kappa shape index (κ2) is 4.21. The van der Waals surface area contributed by atoms with Crippen molar-refractivity contribution in [3.8, 4) is 0 Å². The fourth-order valence-electron chi connectivity index (χ4n) is 3.08. The monoisotopic (exact) mass is 218 g/mol. The van der Waals surface area contributed by atoms with Crippen LogP contribution < -0.4 is 0 Å². The Kier molecular flexibility index (Phi) is 3.07. The zero-order chi connectivity index (χ0) is 11.9. The minimum atomic E-state index is -0.177. The van der Waals surface area contributed by atoms with Gasteiger partial charge in [-0.25, -0.2) is 0 Å². The Morgan fingerprint density at radius 1 is 1.25 bits per heavy atom. The molecular weight excluding hydrogens is 196 g/mol. The number of benzene rings is 1. The number of aryl methyl sites for hydroxylation is 1. The molecule has 2 rings (SSSR count). The molecule has 3 atom stereocenters. The topological polar surface area (TPSA) is 20.2 Å². The van der Waals surface area contributed by atoms with E-state index in [1.54, 1.807) is 0 Å². The molecular formula is C15H22O. The Labute approximate surface area is 98.5 Å². The standard InChI is InChI=1S/C15H22O/c1-9(2)15-13-7-10(3)5-6-12(13)11(4)8-14(15)16/h5-7,9,11,14-16H,8H2,1-4H3/t11-,14-,15-/m1/s1. The lowest BCUT2D eigenvalue weighted by Crippen LogP contribution is -2.30. The van der Waals surface area contributed by atoms with Crippen molar-refractivity contribution in [3.63, 3.8) is 0 Å². The zero-order valence-corrected chi connectivity index (χ0v) is 10.7. The van der Waals surface area contributed by atoms with E-state index < -0.39 is 0 Å². The van der Waals surface area contributed by atoms with E-state index in [9.17, 15) is 5.11 Å². The van der Waals surface area contributed by atoms with Gasteiger partial charge in [-0.2, -0.15) is 0 Å². The zero-order valence-electron chi connectivity index (χ0n) is 10.7. The molecule has 1 aromatic carbocycles. The van der Waals surface area contributed by atoms with Crippen molar-refractivity contribution in [1.82, 2.24) is 0 Å². The minimum absolute atomic E-state index is 0.177. The summed E-state index contributed by atoms with van der Waals surface area (Å²) in [6, 6.07) is 6.69. The summed E-state index contributed by atoms with van der Waals surface area (Å²) in [4.78, 5) is 0. The van der Waals surface area contributed by atoms with Gasteiger partial charge in [-0.15, -0.1) is 0 Å². The predicted molar refractivity (Wildman–Crippen MR) is 67.8 cm³/mol. The van der Waals surface area contributed by atoms with Gasteiger partial charge in [0.25, 0.3) is 0 Å². The molecule has 16 heavy (non-hydrogen) atoms. The van der Waals surface area contributed by atoms with Crippen LogP contribution in [0.15, 0.2) is 18.2 Å². The van der Waals surface area contributed by atoms with Crippen molar-refractivity contribution in [2.45, 2.75) is 52.1 Å². The molecule has 0 amide bonds. The van der Waals surface area contributed by atoms with E-state index >= 15 is 0 Å². The molecule has 0 saturated heterocycles. The Morgan fingerprint density at radius 3 is 2.56 bits per heavy atom. The highest BCUT2D eigenvalue weighted by Crippen LogP contribution is 2.42. The molecule has 0 unspecified atom stereocenters. The molecule has 1 heteroatoms. The summed E-state index contributed by atoms with van der Waals surface area (Å²) in [6.07, 6.45) is 0.725. The van der Waals surface area contributed by atoms with Crippen LogP contribution in [0.5, 0.6) is 0 Å². The van der Waals surface area contributed by atoms with Crippen LogP contribution in [0.2, 0.25) is 0 Å². The molecule has 1 N–H and O–H groups in total. The molecule has 1 aliphatic rings. The number of hydrogen-bond donors (Lipinski definition) is 1. The molecule has 0 saturated carbocycles. The van der Waals surface area contributed by atoms with E-state index in [-0.39, 0.29) is 6.10 Å². The lowest BCUT2D eigenvalue weighted by Gasteiger charge is -2.36. The summed E-state index contributed by atoms with van der Waals surface area (Å²) in [7, 11) is 0. The third-order valence-electron chi connectivity index (χ3n) is 3.86. The van der Waals surface area contributed by atoms with Crippen molar-refractivity contribution in [3.05, 3.63) is 34.9 Å². The van der Waals surface area contributed by atoms with E-state index in [0.29, 0.717) is 17.8 Å². The highest BCUT2D eigenvalue weighted by molar-refractivity contribution is 5.39. The molecule has 0 aromatic heterocycles. The van der Waals surface area contributed by atoms with E-state index in [0.717, 1.165) is 6.42 Å². The summed E-state index contributed by atoms with van der Waals surface area (Å²) in [5.41, 5.74) is 4.11. The molecule has 1 aliphatic carbocycles. The van der Waals surface area contributed by atoms with Gasteiger partial charge in [-0.1, -0.05) is 44.5 Å². The maximum absolute atomic E-state index is 10.2. The summed E-state index contributed by atoms with van der Waals surface area (Å²) in [5, 5.41) is 10.2. The van der Waals surface area contributed by atoms with Gasteiger partial charge in [-0.05, 0) is 36.3 Å². The largest absolute Gasteiger partial charge is 0.392 e. The van der Waals surface area contributed by atoms with Crippen LogP contribution in [0.25, 0.3) is 0 Å². The van der Waals surface area contributed by atoms with Gasteiger partial charge in [-0.3, -0.25) is 0 Å². The van der Waals surface area contributed by atoms with Crippen LogP contribution in [0, 0.1) is 12.8 Å². The third-order valence-corrected chi connectivity index (χ3v) is 3.86. The number of aliphatic hydroxyl groups excluding tert-OH is 1. The number of hydrogen-bond acceptors (Lipinski definition) is 1. The molecule has 88 valence electrons. The summed E-state index contributed by atoms with van der Waals surface area (Å²) in [6.45, 7) is 8.75. The SMILES string of the molecule is Cc1ccc2c(c1)[C@@H](C(C)C)[C@H](O)C[C@H]2C. The minimum Gasteiger partial charge on any atom is -0.392 e. The fraction of sp³-hybridized carbons (Fsp3) is 0.600. The van der Waals surface area contributed by atoms with Crippen LogP contribution >= 0.6 is 0 Å². The molecule has 0 fully saturated rings. The number of fused-ring (bicyclic) bond motifs is 1. The van der Waals surface area contributed by atoms with Crippen LogP contribution in [-0.2, 0) is 0 Å². The summed E-state index contributed by atoms with van der Waals surface area (Å²) >= 11 is 0. The number of aliphatic hydroxyl groups is 1. The first-order chi connectivity index (χ1) is 7.50. The van der Waals surface area contributed by atoms with E-state index in [4.69, 9.17) is 0 Å². The predicted octanol–water partition coefficient (Wildman–Crippen LogP) is 3.60. The maximum Gasteiger partial charge on any atom is 0.0617 e. The van der Waals surface area contributed by atoms with E-state index in [2.05, 4.69) is 45.9 Å². The van der Waals surface area contributed by atoms with E-state index in [1.165, 1.54) is 16.7 Å². The second-order valence-electron chi connectivity index (χ2n) is 5.61. The smallest absolute Gasteiger partial charge is 0.0617 e. The Hall–Kier alpha value is -0.820. The van der Waals surface area contributed by atoms with Crippen molar-refractivity contribution >= 4 is 0 Å². The molecule has 0 aliphatic heterocycles. The normalized spacial score (nSPS) is 29.2. The van der Waals surface area contributed by atoms with Gasteiger partial charge in [0.1, 0.15) is 0 Å². The Balaban J connectivity index is 2.51. The molecule has 1 aromatic rings. The number of rotatable bonds is 1. The average Bonchev–Trinajstić information content (AvgIpc) is 2.15. The van der Waals surface area contributed by atoms with E-state index in [1.807, 2.05) is 0 Å². The van der Waals surface area contributed by atoms with Gasteiger partial charge in [0.15, 0.2) is 0 Å². The highest BCUT2D eigenvalue weighted by atomic mass is 16.3.